The molecule has 148 valence electrons. The molecule has 0 saturated heterocycles. The Balaban J connectivity index is 1.34. The number of rotatable bonds is 4. The molecule has 0 aliphatic carbocycles. The summed E-state index contributed by atoms with van der Waals surface area (Å²) in [4.78, 5) is 1.39. The molecule has 0 radical (unpaired) electrons. The lowest BCUT2D eigenvalue weighted by atomic mass is 10.1. The zero-order valence-corrected chi connectivity index (χ0v) is 17.1. The summed E-state index contributed by atoms with van der Waals surface area (Å²) in [5.74, 6) is 3.50. The van der Waals surface area contributed by atoms with Gasteiger partial charge in [-0.05, 0) is 54.8 Å². The van der Waals surface area contributed by atoms with Crippen molar-refractivity contribution in [3.05, 3.63) is 89.4 Å². The highest BCUT2D eigenvalue weighted by Crippen LogP contribution is 2.36. The van der Waals surface area contributed by atoms with Crippen LogP contribution in [0.25, 0.3) is 0 Å². The average molecular weight is 406 g/mol. The van der Waals surface area contributed by atoms with E-state index in [1.54, 1.807) is 0 Å². The summed E-state index contributed by atoms with van der Waals surface area (Å²) in [7, 11) is 0. The third-order valence-corrected chi connectivity index (χ3v) is 6.51. The first-order valence-electron chi connectivity index (χ1n) is 9.83. The van der Waals surface area contributed by atoms with Gasteiger partial charge in [0.2, 0.25) is 0 Å². The van der Waals surface area contributed by atoms with E-state index < -0.39 is 0 Å². The average Bonchev–Trinajstić information content (AvgIpc) is 3.37. The van der Waals surface area contributed by atoms with E-state index in [1.165, 1.54) is 10.5 Å². The maximum absolute atomic E-state index is 6.25. The number of nitrogens with one attached hydrogen (secondary N) is 1. The molecule has 5 rings (SSSR count). The molecule has 3 aliphatic heterocycles. The van der Waals surface area contributed by atoms with Gasteiger partial charge in [-0.3, -0.25) is 0 Å². The molecule has 3 heterocycles. The normalized spacial score (nSPS) is 22.7. The monoisotopic (exact) mass is 405 g/mol. The molecular formula is C24H23NO3S. The molecule has 4 nitrogen and oxygen atoms in total. The van der Waals surface area contributed by atoms with Gasteiger partial charge in [0.25, 0.3) is 0 Å². The number of benzene rings is 2. The molecule has 3 aliphatic rings. The second-order valence-electron chi connectivity index (χ2n) is 7.31. The molecule has 2 aromatic carbocycles. The topological polar surface area (TPSA) is 39.7 Å². The van der Waals surface area contributed by atoms with Crippen molar-refractivity contribution in [3.8, 4) is 11.5 Å². The van der Waals surface area contributed by atoms with Crippen LogP contribution in [0, 0.1) is 0 Å². The number of para-hydroxylation sites is 2. The molecule has 2 unspecified atom stereocenters. The van der Waals surface area contributed by atoms with Crippen molar-refractivity contribution in [2.24, 2.45) is 0 Å². The van der Waals surface area contributed by atoms with Crippen molar-refractivity contribution >= 4 is 11.8 Å². The second kappa shape index (κ2) is 7.56. The largest absolute Gasteiger partial charge is 0.485 e. The van der Waals surface area contributed by atoms with Crippen molar-refractivity contribution in [2.45, 2.75) is 30.6 Å². The summed E-state index contributed by atoms with van der Waals surface area (Å²) in [6.45, 7) is 6.45. The summed E-state index contributed by atoms with van der Waals surface area (Å²) in [5.41, 5.74) is 4.50. The fourth-order valence-corrected chi connectivity index (χ4v) is 4.85. The Morgan fingerprint density at radius 2 is 2.03 bits per heavy atom. The second-order valence-corrected chi connectivity index (χ2v) is 8.45. The van der Waals surface area contributed by atoms with E-state index in [1.807, 2.05) is 55.1 Å². The smallest absolute Gasteiger partial charge is 0.196 e. The van der Waals surface area contributed by atoms with E-state index in [-0.39, 0.29) is 12.3 Å². The molecule has 2 atom stereocenters. The molecular weight excluding hydrogens is 382 g/mol. The Morgan fingerprint density at radius 3 is 2.90 bits per heavy atom. The Kier molecular flexibility index (Phi) is 4.76. The third kappa shape index (κ3) is 3.51. The maximum Gasteiger partial charge on any atom is 0.196 e. The van der Waals surface area contributed by atoms with Crippen molar-refractivity contribution in [3.63, 3.8) is 0 Å². The first-order chi connectivity index (χ1) is 14.2. The predicted molar refractivity (Wildman–Crippen MR) is 115 cm³/mol. The molecule has 0 amide bonds. The quantitative estimate of drug-likeness (QED) is 0.714. The first-order valence-corrected chi connectivity index (χ1v) is 10.8. The van der Waals surface area contributed by atoms with Crippen LogP contribution in [0.3, 0.4) is 0 Å². The minimum atomic E-state index is -0.220. The van der Waals surface area contributed by atoms with Crippen molar-refractivity contribution in [2.75, 3.05) is 12.4 Å². The van der Waals surface area contributed by atoms with Gasteiger partial charge in [-0.25, -0.2) is 0 Å². The van der Waals surface area contributed by atoms with Gasteiger partial charge in [0.1, 0.15) is 12.4 Å². The predicted octanol–water partition coefficient (Wildman–Crippen LogP) is 5.14. The van der Waals surface area contributed by atoms with Crippen LogP contribution in [0.15, 0.2) is 83.1 Å². The Hall–Kier alpha value is -2.79. The molecule has 0 bridgehead atoms. The molecule has 1 N–H and O–H groups in total. The van der Waals surface area contributed by atoms with E-state index in [0.717, 1.165) is 46.3 Å². The Labute approximate surface area is 175 Å². The highest BCUT2D eigenvalue weighted by Gasteiger charge is 2.27. The fraction of sp³-hybridized carbons (Fsp3) is 0.250. The summed E-state index contributed by atoms with van der Waals surface area (Å²) in [6.07, 6.45) is 4.54. The molecule has 5 heteroatoms. The molecule has 0 spiro atoms. The van der Waals surface area contributed by atoms with E-state index in [2.05, 4.69) is 30.1 Å². The maximum atomic E-state index is 6.25. The summed E-state index contributed by atoms with van der Waals surface area (Å²) < 4.78 is 18.2. The minimum absolute atomic E-state index is 0.174. The van der Waals surface area contributed by atoms with Crippen LogP contribution in [0.4, 0.5) is 0 Å². The number of hydrogen-bond donors (Lipinski definition) is 1. The van der Waals surface area contributed by atoms with E-state index in [9.17, 15) is 0 Å². The number of allylic oxidation sites excluding steroid dienone is 2. The van der Waals surface area contributed by atoms with E-state index >= 15 is 0 Å². The van der Waals surface area contributed by atoms with E-state index in [4.69, 9.17) is 14.2 Å². The molecule has 29 heavy (non-hydrogen) atoms. The van der Waals surface area contributed by atoms with Gasteiger partial charge in [0, 0.05) is 16.2 Å². The Morgan fingerprint density at radius 1 is 1.17 bits per heavy atom. The lowest BCUT2D eigenvalue weighted by Gasteiger charge is -2.27. The van der Waals surface area contributed by atoms with Crippen LogP contribution >= 0.6 is 11.8 Å². The van der Waals surface area contributed by atoms with Crippen molar-refractivity contribution < 1.29 is 14.2 Å². The number of aryl methyl sites for hydroxylation is 1. The molecule has 0 fully saturated rings. The highest BCUT2D eigenvalue weighted by molar-refractivity contribution is 7.99. The van der Waals surface area contributed by atoms with Crippen molar-refractivity contribution in [1.82, 2.24) is 5.32 Å². The molecule has 0 aromatic heterocycles. The van der Waals surface area contributed by atoms with Gasteiger partial charge >= 0.3 is 0 Å². The van der Waals surface area contributed by atoms with Crippen LogP contribution in [-0.2, 0) is 11.2 Å². The SMILES string of the molecule is C=C/C(=C\C1=C(C)NC(c2ccc3c(c2)CCS3)O1)C1COc2ccccc2O1. The van der Waals surface area contributed by atoms with E-state index in [0.29, 0.717) is 6.61 Å². The van der Waals surface area contributed by atoms with Gasteiger partial charge in [-0.1, -0.05) is 30.9 Å². The number of hydrogen-bond acceptors (Lipinski definition) is 5. The van der Waals surface area contributed by atoms with Gasteiger partial charge in [-0.2, -0.15) is 0 Å². The van der Waals surface area contributed by atoms with Crippen LogP contribution < -0.4 is 14.8 Å². The van der Waals surface area contributed by atoms with Gasteiger partial charge in [0.15, 0.2) is 23.8 Å². The highest BCUT2D eigenvalue weighted by atomic mass is 32.2. The third-order valence-electron chi connectivity index (χ3n) is 5.39. The number of ether oxygens (including phenoxy) is 3. The molecule has 0 saturated carbocycles. The van der Waals surface area contributed by atoms with Gasteiger partial charge < -0.3 is 19.5 Å². The lowest BCUT2D eigenvalue weighted by molar-refractivity contribution is 0.115. The van der Waals surface area contributed by atoms with Crippen LogP contribution in [0.2, 0.25) is 0 Å². The standard InChI is InChI=1S/C24H23NO3S/c1-3-16(22-14-26-19-6-4-5-7-20(19)27-22)13-21-15(2)25-24(28-21)18-8-9-23-17(12-18)10-11-29-23/h3-9,12-13,22,24-25H,1,10-11,14H2,2H3/b16-13+. The number of thioether (sulfide) groups is 1. The Bertz CT molecular complexity index is 1030. The van der Waals surface area contributed by atoms with Crippen LogP contribution in [-0.4, -0.2) is 18.5 Å². The summed E-state index contributed by atoms with van der Waals surface area (Å²) in [6, 6.07) is 14.3. The molecule has 2 aromatic rings. The summed E-state index contributed by atoms with van der Waals surface area (Å²) >= 11 is 1.92. The van der Waals surface area contributed by atoms with Crippen LogP contribution in [0.1, 0.15) is 24.3 Å². The fourth-order valence-electron chi connectivity index (χ4n) is 3.79. The zero-order valence-electron chi connectivity index (χ0n) is 16.3. The first kappa shape index (κ1) is 18.3. The van der Waals surface area contributed by atoms with Crippen LogP contribution in [0.5, 0.6) is 11.5 Å². The van der Waals surface area contributed by atoms with Crippen molar-refractivity contribution in [1.29, 1.82) is 0 Å². The number of fused-ring (bicyclic) bond motifs is 2. The minimum Gasteiger partial charge on any atom is -0.485 e. The van der Waals surface area contributed by atoms with Gasteiger partial charge in [0.05, 0.1) is 5.70 Å². The summed E-state index contributed by atoms with van der Waals surface area (Å²) in [5, 5.41) is 3.46. The lowest BCUT2D eigenvalue weighted by Crippen LogP contribution is -2.30. The van der Waals surface area contributed by atoms with Gasteiger partial charge in [-0.15, -0.1) is 11.8 Å². The zero-order chi connectivity index (χ0) is 19.8.